The van der Waals surface area contributed by atoms with Gasteiger partial charge in [0.15, 0.2) is 0 Å². The summed E-state index contributed by atoms with van der Waals surface area (Å²) in [6, 6.07) is 7.33. The summed E-state index contributed by atoms with van der Waals surface area (Å²) in [7, 11) is 0. The van der Waals surface area contributed by atoms with Gasteiger partial charge in [-0.05, 0) is 68.1 Å². The van der Waals surface area contributed by atoms with E-state index in [0.717, 1.165) is 38.5 Å². The Labute approximate surface area is 246 Å². The van der Waals surface area contributed by atoms with Gasteiger partial charge in [-0.15, -0.1) is 0 Å². The third-order valence-corrected chi connectivity index (χ3v) is 8.26. The Hall–Kier alpha value is -1.84. The molecule has 0 saturated heterocycles. The van der Waals surface area contributed by atoms with E-state index in [-0.39, 0.29) is 0 Å². The topological polar surface area (TPSA) is 74.6 Å². The van der Waals surface area contributed by atoms with Gasteiger partial charge in [0, 0.05) is 12.8 Å². The molecule has 0 aliphatic carbocycles. The maximum Gasteiger partial charge on any atom is 0.303 e. The number of carboxylic acids is 2. The molecule has 0 amide bonds. The first-order valence-electron chi connectivity index (χ1n) is 17.1. The highest BCUT2D eigenvalue weighted by atomic mass is 16.4. The molecule has 2 N–H and O–H groups in total. The van der Waals surface area contributed by atoms with Crippen LogP contribution in [0.4, 0.5) is 0 Å². The van der Waals surface area contributed by atoms with E-state index >= 15 is 0 Å². The van der Waals surface area contributed by atoms with E-state index in [0.29, 0.717) is 12.8 Å². The molecule has 1 aromatic carbocycles. The van der Waals surface area contributed by atoms with Crippen molar-refractivity contribution in [2.75, 3.05) is 0 Å². The van der Waals surface area contributed by atoms with Crippen LogP contribution in [-0.4, -0.2) is 22.2 Å². The van der Waals surface area contributed by atoms with Crippen LogP contribution in [0.25, 0.3) is 0 Å². The van der Waals surface area contributed by atoms with Crippen molar-refractivity contribution in [1.82, 2.24) is 0 Å². The first kappa shape index (κ1) is 36.2. The molecule has 0 unspecified atom stereocenters. The quantitative estimate of drug-likeness (QED) is 0.0959. The van der Waals surface area contributed by atoms with Crippen LogP contribution in [0.5, 0.6) is 0 Å². The predicted octanol–water partition coefficient (Wildman–Crippen LogP) is 10.9. The fourth-order valence-corrected chi connectivity index (χ4v) is 5.73. The second kappa shape index (κ2) is 26.1. The van der Waals surface area contributed by atoms with E-state index in [1.807, 2.05) is 0 Å². The van der Waals surface area contributed by atoms with E-state index in [2.05, 4.69) is 25.1 Å². The van der Waals surface area contributed by atoms with Crippen molar-refractivity contribution in [2.24, 2.45) is 0 Å². The zero-order valence-corrected chi connectivity index (χ0v) is 26.0. The number of carboxylic acid groups (broad SMARTS) is 2. The summed E-state index contributed by atoms with van der Waals surface area (Å²) in [5.41, 5.74) is 4.64. The summed E-state index contributed by atoms with van der Waals surface area (Å²) in [6.07, 6.45) is 31.1. The van der Waals surface area contributed by atoms with E-state index in [1.165, 1.54) is 128 Å². The number of hydrogen-bond acceptors (Lipinski definition) is 2. The summed E-state index contributed by atoms with van der Waals surface area (Å²) in [5, 5.41) is 17.5. The minimum Gasteiger partial charge on any atom is -0.481 e. The average molecular weight is 559 g/mol. The monoisotopic (exact) mass is 558 g/mol. The number of unbranched alkanes of at least 4 members (excludes halogenated alkanes) is 19. The summed E-state index contributed by atoms with van der Waals surface area (Å²) in [5.74, 6) is -1.35. The molecule has 0 saturated carbocycles. The van der Waals surface area contributed by atoms with Gasteiger partial charge in [0.2, 0.25) is 0 Å². The third kappa shape index (κ3) is 21.9. The molecule has 4 heteroatoms. The summed E-state index contributed by atoms with van der Waals surface area (Å²) in [6.45, 7) is 2.28. The molecule has 4 nitrogen and oxygen atoms in total. The van der Waals surface area contributed by atoms with Gasteiger partial charge in [-0.1, -0.05) is 134 Å². The van der Waals surface area contributed by atoms with Crippen LogP contribution in [0.2, 0.25) is 0 Å². The molecule has 0 aromatic heterocycles. The first-order valence-corrected chi connectivity index (χ1v) is 17.1. The molecule has 1 aromatic rings. The zero-order valence-electron chi connectivity index (χ0n) is 26.0. The van der Waals surface area contributed by atoms with Gasteiger partial charge in [-0.2, -0.15) is 0 Å². The van der Waals surface area contributed by atoms with Gasteiger partial charge in [0.1, 0.15) is 0 Å². The number of aryl methyl sites for hydroxylation is 3. The molecule has 40 heavy (non-hydrogen) atoms. The van der Waals surface area contributed by atoms with Crippen LogP contribution < -0.4 is 0 Å². The second-order valence-electron chi connectivity index (χ2n) is 12.1. The normalized spacial score (nSPS) is 11.2. The lowest BCUT2D eigenvalue weighted by atomic mass is 9.93. The molecule has 230 valence electrons. The van der Waals surface area contributed by atoms with Crippen LogP contribution >= 0.6 is 0 Å². The summed E-state index contributed by atoms with van der Waals surface area (Å²) < 4.78 is 0. The summed E-state index contributed by atoms with van der Waals surface area (Å²) >= 11 is 0. The highest BCUT2D eigenvalue weighted by Gasteiger charge is 2.06. The molecule has 0 radical (unpaired) electrons. The maximum absolute atomic E-state index is 10.6. The minimum absolute atomic E-state index is 0.310. The van der Waals surface area contributed by atoms with Crippen molar-refractivity contribution in [3.05, 3.63) is 34.9 Å². The van der Waals surface area contributed by atoms with Crippen molar-refractivity contribution in [2.45, 2.75) is 180 Å². The molecule has 0 spiro atoms. The van der Waals surface area contributed by atoms with Crippen molar-refractivity contribution >= 4 is 11.9 Å². The van der Waals surface area contributed by atoms with Crippen LogP contribution in [0.15, 0.2) is 18.2 Å². The Morgan fingerprint density at radius 1 is 0.475 bits per heavy atom. The maximum atomic E-state index is 10.6. The smallest absolute Gasteiger partial charge is 0.303 e. The Kier molecular flexibility index (Phi) is 23.6. The van der Waals surface area contributed by atoms with Crippen molar-refractivity contribution in [1.29, 1.82) is 0 Å². The van der Waals surface area contributed by atoms with Gasteiger partial charge in [-0.25, -0.2) is 0 Å². The van der Waals surface area contributed by atoms with Gasteiger partial charge in [0.25, 0.3) is 0 Å². The Bertz CT molecular complexity index is 757. The van der Waals surface area contributed by atoms with Crippen molar-refractivity contribution in [3.63, 3.8) is 0 Å². The SMILES string of the molecule is CCCCCCCCCCc1ccc(CCCCCCCCCC(=O)O)c(CCCCCCCCCC(=O)O)c1. The predicted molar refractivity (Wildman–Crippen MR) is 169 cm³/mol. The standard InChI is InChI=1S/C36H62O4/c1-2-3-4-5-6-9-14-19-24-32-29-30-33(25-20-15-10-7-12-17-22-27-35(37)38)34(31-32)26-21-16-11-8-13-18-23-28-36(39)40/h29-31H,2-28H2,1H3,(H,37,38)(H,39,40). The largest absolute Gasteiger partial charge is 0.481 e. The molecule has 0 fully saturated rings. The second-order valence-corrected chi connectivity index (χ2v) is 12.1. The number of benzene rings is 1. The Morgan fingerprint density at radius 3 is 1.30 bits per heavy atom. The Morgan fingerprint density at radius 2 is 0.850 bits per heavy atom. The number of carbonyl (C=O) groups is 2. The zero-order chi connectivity index (χ0) is 29.1. The molecular formula is C36H62O4. The van der Waals surface area contributed by atoms with Crippen LogP contribution in [0, 0.1) is 0 Å². The molecule has 0 heterocycles. The van der Waals surface area contributed by atoms with E-state index < -0.39 is 11.9 Å². The summed E-state index contributed by atoms with van der Waals surface area (Å²) in [4.78, 5) is 21.3. The molecule has 0 atom stereocenters. The number of rotatable bonds is 29. The fourth-order valence-electron chi connectivity index (χ4n) is 5.73. The van der Waals surface area contributed by atoms with Crippen molar-refractivity contribution in [3.8, 4) is 0 Å². The lowest BCUT2D eigenvalue weighted by Gasteiger charge is -2.13. The molecule has 0 aliphatic heterocycles. The van der Waals surface area contributed by atoms with E-state index in [9.17, 15) is 9.59 Å². The highest BCUT2D eigenvalue weighted by molar-refractivity contribution is 5.66. The lowest BCUT2D eigenvalue weighted by Crippen LogP contribution is -1.99. The molecular weight excluding hydrogens is 496 g/mol. The molecule has 0 aliphatic rings. The van der Waals surface area contributed by atoms with E-state index in [4.69, 9.17) is 10.2 Å². The van der Waals surface area contributed by atoms with Gasteiger partial charge in [0.05, 0.1) is 0 Å². The minimum atomic E-state index is -0.674. The lowest BCUT2D eigenvalue weighted by molar-refractivity contribution is -0.138. The fraction of sp³-hybridized carbons (Fsp3) is 0.778. The van der Waals surface area contributed by atoms with E-state index in [1.54, 1.807) is 11.1 Å². The highest BCUT2D eigenvalue weighted by Crippen LogP contribution is 2.21. The van der Waals surface area contributed by atoms with Gasteiger partial charge in [-0.3, -0.25) is 9.59 Å². The molecule has 0 bridgehead atoms. The first-order chi connectivity index (χ1) is 19.5. The molecule has 1 rings (SSSR count). The number of aliphatic carboxylic acids is 2. The van der Waals surface area contributed by atoms with Crippen molar-refractivity contribution < 1.29 is 19.8 Å². The van der Waals surface area contributed by atoms with Gasteiger partial charge < -0.3 is 10.2 Å². The third-order valence-electron chi connectivity index (χ3n) is 8.26. The van der Waals surface area contributed by atoms with Gasteiger partial charge >= 0.3 is 11.9 Å². The van der Waals surface area contributed by atoms with Crippen LogP contribution in [0.3, 0.4) is 0 Å². The van der Waals surface area contributed by atoms with Crippen LogP contribution in [0.1, 0.15) is 178 Å². The van der Waals surface area contributed by atoms with Crippen LogP contribution in [-0.2, 0) is 28.9 Å². The Balaban J connectivity index is 2.40. The number of hydrogen-bond donors (Lipinski definition) is 2. The average Bonchev–Trinajstić information content (AvgIpc) is 2.93.